The molecule has 0 aromatic rings. The largest absolute Gasteiger partial charge is 0.481 e. The van der Waals surface area contributed by atoms with Crippen molar-refractivity contribution < 1.29 is 29.0 Å². The van der Waals surface area contributed by atoms with Crippen LogP contribution in [0.3, 0.4) is 0 Å². The first-order chi connectivity index (χ1) is 11.9. The van der Waals surface area contributed by atoms with Crippen LogP contribution in [0.2, 0.25) is 0 Å². The van der Waals surface area contributed by atoms with Crippen LogP contribution in [0.25, 0.3) is 0 Å². The third-order valence-electron chi connectivity index (χ3n) is 3.37. The maximum Gasteiger partial charge on any atom is 0.329 e. The van der Waals surface area contributed by atoms with Gasteiger partial charge in [-0.3, -0.25) is 19.3 Å². The van der Waals surface area contributed by atoms with Crippen molar-refractivity contribution in [2.75, 3.05) is 6.61 Å². The number of hydrogen-bond acceptors (Lipinski definition) is 5. The second kappa shape index (κ2) is 12.9. The van der Waals surface area contributed by atoms with Gasteiger partial charge in [-0.05, 0) is 32.6 Å². The molecule has 0 aliphatic carbocycles. The number of carboxylic acids is 1. The van der Waals surface area contributed by atoms with E-state index < -0.39 is 36.2 Å². The number of carbonyl (C=O) groups is 4. The summed E-state index contributed by atoms with van der Waals surface area (Å²) >= 11 is 0. The van der Waals surface area contributed by atoms with E-state index >= 15 is 0 Å². The van der Waals surface area contributed by atoms with Crippen molar-refractivity contribution in [3.05, 3.63) is 25.3 Å². The fourth-order valence-electron chi connectivity index (χ4n) is 2.21. The van der Waals surface area contributed by atoms with E-state index in [9.17, 15) is 19.2 Å². The van der Waals surface area contributed by atoms with Crippen LogP contribution in [0, 0.1) is 0 Å². The number of ether oxygens (including phenoxy) is 1. The Morgan fingerprint density at radius 3 is 1.88 bits per heavy atom. The summed E-state index contributed by atoms with van der Waals surface area (Å²) in [5.74, 6) is -3.34. The molecule has 0 saturated carbocycles. The number of allylic oxidation sites excluding steroid dienone is 2. The van der Waals surface area contributed by atoms with Gasteiger partial charge in [-0.2, -0.15) is 0 Å². The van der Waals surface area contributed by atoms with Crippen molar-refractivity contribution in [1.82, 2.24) is 4.90 Å². The fourth-order valence-corrected chi connectivity index (χ4v) is 2.21. The second-order valence-corrected chi connectivity index (χ2v) is 5.38. The van der Waals surface area contributed by atoms with Gasteiger partial charge in [-0.15, -0.1) is 13.2 Å². The summed E-state index contributed by atoms with van der Waals surface area (Å²) < 4.78 is 4.86. The summed E-state index contributed by atoms with van der Waals surface area (Å²) in [5, 5.41) is 9.06. The molecule has 2 amide bonds. The molecule has 0 heterocycles. The van der Waals surface area contributed by atoms with Gasteiger partial charge in [-0.1, -0.05) is 12.2 Å². The van der Waals surface area contributed by atoms with E-state index in [2.05, 4.69) is 13.2 Å². The molecular formula is C18H27NO6. The summed E-state index contributed by atoms with van der Waals surface area (Å²) in [7, 11) is 0. The van der Waals surface area contributed by atoms with Crippen LogP contribution in [-0.4, -0.2) is 46.4 Å². The van der Waals surface area contributed by atoms with Gasteiger partial charge in [0.1, 0.15) is 6.04 Å². The fraction of sp³-hybridized carbons (Fsp3) is 0.556. The second-order valence-electron chi connectivity index (χ2n) is 5.38. The van der Waals surface area contributed by atoms with Crippen molar-refractivity contribution in [3.8, 4) is 0 Å². The summed E-state index contributed by atoms with van der Waals surface area (Å²) in [6.07, 6.45) is 4.72. The average molecular weight is 353 g/mol. The minimum atomic E-state index is -1.45. The molecule has 140 valence electrons. The Morgan fingerprint density at radius 2 is 1.52 bits per heavy atom. The number of unbranched alkanes of at least 4 members (excludes halogenated alkanes) is 2. The maximum absolute atomic E-state index is 12.5. The third kappa shape index (κ3) is 8.83. The minimum Gasteiger partial charge on any atom is -0.481 e. The van der Waals surface area contributed by atoms with Crippen LogP contribution < -0.4 is 0 Å². The van der Waals surface area contributed by atoms with Gasteiger partial charge < -0.3 is 9.84 Å². The summed E-state index contributed by atoms with van der Waals surface area (Å²) in [5.41, 5.74) is 0. The topological polar surface area (TPSA) is 101 Å². The van der Waals surface area contributed by atoms with Crippen molar-refractivity contribution in [2.24, 2.45) is 0 Å². The molecule has 0 radical (unpaired) electrons. The predicted molar refractivity (Wildman–Crippen MR) is 92.6 cm³/mol. The van der Waals surface area contributed by atoms with Gasteiger partial charge in [0.05, 0.1) is 13.0 Å². The first-order valence-electron chi connectivity index (χ1n) is 8.34. The Kier molecular flexibility index (Phi) is 11.7. The van der Waals surface area contributed by atoms with Crippen LogP contribution in [0.5, 0.6) is 0 Å². The van der Waals surface area contributed by atoms with Crippen molar-refractivity contribution in [2.45, 2.75) is 57.9 Å². The lowest BCUT2D eigenvalue weighted by atomic mass is 10.1. The summed E-state index contributed by atoms with van der Waals surface area (Å²) in [6, 6.07) is -1.45. The molecular weight excluding hydrogens is 326 g/mol. The number of imide groups is 1. The third-order valence-corrected chi connectivity index (χ3v) is 3.37. The van der Waals surface area contributed by atoms with Gasteiger partial charge in [0.25, 0.3) is 0 Å². The molecule has 25 heavy (non-hydrogen) atoms. The first-order valence-corrected chi connectivity index (χ1v) is 8.34. The highest BCUT2D eigenvalue weighted by Crippen LogP contribution is 2.15. The zero-order valence-corrected chi connectivity index (χ0v) is 14.7. The van der Waals surface area contributed by atoms with E-state index in [0.717, 1.165) is 4.90 Å². The van der Waals surface area contributed by atoms with Crippen molar-refractivity contribution in [1.29, 1.82) is 0 Å². The monoisotopic (exact) mass is 353 g/mol. The Balaban J connectivity index is 5.42. The van der Waals surface area contributed by atoms with Gasteiger partial charge in [0.15, 0.2) is 0 Å². The number of esters is 1. The number of nitrogens with zero attached hydrogens (tertiary/aromatic N) is 1. The van der Waals surface area contributed by atoms with Gasteiger partial charge in [-0.25, -0.2) is 4.79 Å². The molecule has 0 aromatic heterocycles. The summed E-state index contributed by atoms with van der Waals surface area (Å²) in [6.45, 7) is 8.72. The molecule has 0 bridgehead atoms. The molecule has 1 unspecified atom stereocenters. The van der Waals surface area contributed by atoms with Crippen LogP contribution in [0.4, 0.5) is 0 Å². The number of amides is 2. The highest BCUT2D eigenvalue weighted by atomic mass is 16.5. The molecule has 7 nitrogen and oxygen atoms in total. The van der Waals surface area contributed by atoms with Gasteiger partial charge >= 0.3 is 11.9 Å². The van der Waals surface area contributed by atoms with Crippen LogP contribution in [0.1, 0.15) is 51.9 Å². The quantitative estimate of drug-likeness (QED) is 0.310. The molecule has 7 heteroatoms. The van der Waals surface area contributed by atoms with Gasteiger partial charge in [0.2, 0.25) is 11.8 Å². The Morgan fingerprint density at radius 1 is 1.04 bits per heavy atom. The van der Waals surface area contributed by atoms with E-state index in [0.29, 0.717) is 25.7 Å². The number of carboxylic acid groups (broad SMARTS) is 1. The van der Waals surface area contributed by atoms with E-state index in [4.69, 9.17) is 9.84 Å². The highest BCUT2D eigenvalue weighted by Gasteiger charge is 2.36. The smallest absolute Gasteiger partial charge is 0.329 e. The molecule has 0 aliphatic rings. The van der Waals surface area contributed by atoms with Crippen LogP contribution in [0.15, 0.2) is 25.3 Å². The number of rotatable bonds is 13. The van der Waals surface area contributed by atoms with E-state index in [1.54, 1.807) is 19.1 Å². The van der Waals surface area contributed by atoms with Crippen LogP contribution in [-0.2, 0) is 23.9 Å². The molecule has 1 N–H and O–H groups in total. The molecule has 0 rings (SSSR count). The molecule has 0 fully saturated rings. The normalized spacial score (nSPS) is 11.2. The molecule has 0 aromatic carbocycles. The number of hydrogen-bond donors (Lipinski definition) is 1. The van der Waals surface area contributed by atoms with Crippen LogP contribution >= 0.6 is 0 Å². The lowest BCUT2D eigenvalue weighted by molar-refractivity contribution is -0.163. The minimum absolute atomic E-state index is 0.0226. The highest BCUT2D eigenvalue weighted by molar-refractivity contribution is 6.00. The molecule has 0 spiro atoms. The van der Waals surface area contributed by atoms with E-state index in [1.165, 1.54) is 0 Å². The zero-order chi connectivity index (χ0) is 19.2. The van der Waals surface area contributed by atoms with E-state index in [1.807, 2.05) is 0 Å². The number of aliphatic carboxylic acids is 1. The molecule has 0 aliphatic heterocycles. The standard InChI is InChI=1S/C18H27NO6/c1-4-7-9-11-15(20)19(16(21)12-10-8-5-2)14(13-17(22)23)18(24)25-6-3/h4-5,14H,1-2,6-13H2,3H3,(H,22,23). The summed E-state index contributed by atoms with van der Waals surface area (Å²) in [4.78, 5) is 48.9. The maximum atomic E-state index is 12.5. The van der Waals surface area contributed by atoms with Crippen molar-refractivity contribution in [3.63, 3.8) is 0 Å². The zero-order valence-electron chi connectivity index (χ0n) is 14.7. The van der Waals surface area contributed by atoms with Gasteiger partial charge in [0, 0.05) is 12.8 Å². The Hall–Kier alpha value is -2.44. The predicted octanol–water partition coefficient (Wildman–Crippen LogP) is 2.46. The molecule has 1 atom stereocenters. The SMILES string of the molecule is C=CCCCC(=O)N(C(=O)CCCC=C)C(CC(=O)O)C(=O)OCC. The lowest BCUT2D eigenvalue weighted by Gasteiger charge is -2.28. The van der Waals surface area contributed by atoms with Crippen molar-refractivity contribution >= 4 is 23.8 Å². The Labute approximate surface area is 148 Å². The Bertz CT molecular complexity index is 474. The first kappa shape index (κ1) is 22.6. The molecule has 0 saturated heterocycles. The average Bonchev–Trinajstić information content (AvgIpc) is 2.54. The number of carbonyl (C=O) groups excluding carboxylic acids is 3. The van der Waals surface area contributed by atoms with E-state index in [-0.39, 0.29) is 19.4 Å². The lowest BCUT2D eigenvalue weighted by Crippen LogP contribution is -2.50.